The number of carbonyl (C=O) groups is 1. The van der Waals surface area contributed by atoms with Crippen LogP contribution in [0.15, 0.2) is 57.5 Å². The first kappa shape index (κ1) is 14.1. The molecule has 0 spiro atoms. The zero-order valence-corrected chi connectivity index (χ0v) is 13.2. The molecule has 0 aliphatic heterocycles. The van der Waals surface area contributed by atoms with Crippen molar-refractivity contribution < 1.29 is 4.79 Å². The molecule has 0 unspecified atom stereocenters. The molecule has 98 valence electrons. The van der Waals surface area contributed by atoms with E-state index in [9.17, 15) is 4.79 Å². The van der Waals surface area contributed by atoms with Gasteiger partial charge in [-0.1, -0.05) is 44.0 Å². The predicted octanol–water partition coefficient (Wildman–Crippen LogP) is 4.26. The number of benzene rings is 2. The summed E-state index contributed by atoms with van der Waals surface area (Å²) in [4.78, 5) is 11.8. The van der Waals surface area contributed by atoms with Crippen molar-refractivity contribution in [3.8, 4) is 0 Å². The second-order valence-corrected chi connectivity index (χ2v) is 5.75. The minimum absolute atomic E-state index is 0.0851. The van der Waals surface area contributed by atoms with E-state index in [1.54, 1.807) is 0 Å². The van der Waals surface area contributed by atoms with Gasteiger partial charge in [0, 0.05) is 20.3 Å². The van der Waals surface area contributed by atoms with E-state index in [1.165, 1.54) is 0 Å². The molecule has 1 amide bonds. The largest absolute Gasteiger partial charge is 0.376 e. The summed E-state index contributed by atoms with van der Waals surface area (Å²) >= 11 is 6.75. The minimum atomic E-state index is -0.0851. The van der Waals surface area contributed by atoms with E-state index in [2.05, 4.69) is 42.5 Å². The fourth-order valence-corrected chi connectivity index (χ4v) is 2.35. The van der Waals surface area contributed by atoms with E-state index in [0.29, 0.717) is 0 Å². The summed E-state index contributed by atoms with van der Waals surface area (Å²) in [5.41, 5.74) is 1.68. The molecular weight excluding hydrogens is 372 g/mol. The average molecular weight is 384 g/mol. The SMILES string of the molecule is O=C(CNc1cccc(Br)c1)Nc1cccc(Br)c1. The normalized spacial score (nSPS) is 10.0. The minimum Gasteiger partial charge on any atom is -0.376 e. The van der Waals surface area contributed by atoms with Gasteiger partial charge in [0.2, 0.25) is 5.91 Å². The zero-order chi connectivity index (χ0) is 13.7. The van der Waals surface area contributed by atoms with Crippen LogP contribution in [0.2, 0.25) is 0 Å². The van der Waals surface area contributed by atoms with E-state index in [4.69, 9.17) is 0 Å². The predicted molar refractivity (Wildman–Crippen MR) is 85.4 cm³/mol. The molecule has 0 aliphatic rings. The van der Waals surface area contributed by atoms with Crippen molar-refractivity contribution in [1.82, 2.24) is 0 Å². The third-order valence-corrected chi connectivity index (χ3v) is 3.37. The Morgan fingerprint density at radius 3 is 2.16 bits per heavy atom. The van der Waals surface area contributed by atoms with Crippen molar-refractivity contribution in [2.45, 2.75) is 0 Å². The van der Waals surface area contributed by atoms with Gasteiger partial charge in [-0.3, -0.25) is 4.79 Å². The Morgan fingerprint density at radius 1 is 0.947 bits per heavy atom. The number of hydrogen-bond acceptors (Lipinski definition) is 2. The van der Waals surface area contributed by atoms with Gasteiger partial charge >= 0.3 is 0 Å². The molecule has 0 aromatic heterocycles. The van der Waals surface area contributed by atoms with Gasteiger partial charge in [-0.2, -0.15) is 0 Å². The second kappa shape index (κ2) is 6.73. The van der Waals surface area contributed by atoms with Crippen molar-refractivity contribution in [1.29, 1.82) is 0 Å². The number of carbonyl (C=O) groups excluding carboxylic acids is 1. The lowest BCUT2D eigenvalue weighted by atomic mass is 10.3. The average Bonchev–Trinajstić information content (AvgIpc) is 2.36. The smallest absolute Gasteiger partial charge is 0.243 e. The quantitative estimate of drug-likeness (QED) is 0.827. The zero-order valence-electron chi connectivity index (χ0n) is 9.99. The van der Waals surface area contributed by atoms with Gasteiger partial charge in [0.25, 0.3) is 0 Å². The standard InChI is InChI=1S/C14H12Br2N2O/c15-10-3-1-5-12(7-10)17-9-14(19)18-13-6-2-4-11(16)8-13/h1-8,17H,9H2,(H,18,19). The van der Waals surface area contributed by atoms with Crippen LogP contribution in [0, 0.1) is 0 Å². The highest BCUT2D eigenvalue weighted by molar-refractivity contribution is 9.10. The van der Waals surface area contributed by atoms with Crippen molar-refractivity contribution >= 4 is 49.1 Å². The number of anilines is 2. The number of hydrogen-bond donors (Lipinski definition) is 2. The first-order valence-corrected chi connectivity index (χ1v) is 7.27. The highest BCUT2D eigenvalue weighted by Crippen LogP contribution is 2.16. The summed E-state index contributed by atoms with van der Waals surface area (Å²) in [7, 11) is 0. The van der Waals surface area contributed by atoms with E-state index >= 15 is 0 Å². The lowest BCUT2D eigenvalue weighted by Gasteiger charge is -2.08. The Balaban J connectivity index is 1.88. The van der Waals surface area contributed by atoms with Crippen molar-refractivity contribution in [3.63, 3.8) is 0 Å². The van der Waals surface area contributed by atoms with Gasteiger partial charge in [0.05, 0.1) is 6.54 Å². The molecule has 0 radical (unpaired) electrons. The number of nitrogens with one attached hydrogen (secondary N) is 2. The number of rotatable bonds is 4. The Hall–Kier alpha value is -1.33. The van der Waals surface area contributed by atoms with Gasteiger partial charge in [0.15, 0.2) is 0 Å². The van der Waals surface area contributed by atoms with Crippen LogP contribution in [0.1, 0.15) is 0 Å². The Morgan fingerprint density at radius 2 is 1.53 bits per heavy atom. The van der Waals surface area contributed by atoms with Crippen LogP contribution in [0.4, 0.5) is 11.4 Å². The van der Waals surface area contributed by atoms with Crippen LogP contribution in [-0.2, 0) is 4.79 Å². The maximum atomic E-state index is 11.8. The Labute approximate surface area is 128 Å². The fraction of sp³-hybridized carbons (Fsp3) is 0.0714. The molecule has 2 aromatic rings. The Kier molecular flexibility index (Phi) is 4.99. The molecule has 3 nitrogen and oxygen atoms in total. The van der Waals surface area contributed by atoms with Gasteiger partial charge in [-0.05, 0) is 36.4 Å². The third-order valence-electron chi connectivity index (χ3n) is 2.39. The maximum absolute atomic E-state index is 11.8. The van der Waals surface area contributed by atoms with Crippen LogP contribution < -0.4 is 10.6 Å². The molecule has 2 aromatic carbocycles. The molecule has 0 heterocycles. The number of halogens is 2. The first-order valence-electron chi connectivity index (χ1n) is 5.68. The molecule has 0 bridgehead atoms. The molecule has 2 N–H and O–H groups in total. The number of amides is 1. The summed E-state index contributed by atoms with van der Waals surface area (Å²) < 4.78 is 1.91. The van der Waals surface area contributed by atoms with Crippen LogP contribution in [0.25, 0.3) is 0 Å². The summed E-state index contributed by atoms with van der Waals surface area (Å²) in [5.74, 6) is -0.0851. The fourth-order valence-electron chi connectivity index (χ4n) is 1.55. The molecule has 0 saturated heterocycles. The van der Waals surface area contributed by atoms with Crippen LogP contribution >= 0.6 is 31.9 Å². The van der Waals surface area contributed by atoms with E-state index in [-0.39, 0.29) is 12.5 Å². The summed E-state index contributed by atoms with van der Waals surface area (Å²) in [6.45, 7) is 0.225. The highest BCUT2D eigenvalue weighted by Gasteiger charge is 2.02. The topological polar surface area (TPSA) is 41.1 Å². The monoisotopic (exact) mass is 382 g/mol. The second-order valence-electron chi connectivity index (χ2n) is 3.92. The molecule has 0 saturated carbocycles. The van der Waals surface area contributed by atoms with Crippen LogP contribution in [-0.4, -0.2) is 12.5 Å². The summed E-state index contributed by atoms with van der Waals surface area (Å²) in [5, 5.41) is 5.89. The van der Waals surface area contributed by atoms with Crippen molar-refractivity contribution in [2.75, 3.05) is 17.2 Å². The van der Waals surface area contributed by atoms with Gasteiger partial charge < -0.3 is 10.6 Å². The van der Waals surface area contributed by atoms with E-state index in [1.807, 2.05) is 48.5 Å². The van der Waals surface area contributed by atoms with Crippen molar-refractivity contribution in [3.05, 3.63) is 57.5 Å². The third kappa shape index (κ3) is 4.69. The molecular formula is C14H12Br2N2O. The highest BCUT2D eigenvalue weighted by atomic mass is 79.9. The summed E-state index contributed by atoms with van der Waals surface area (Å²) in [6.07, 6.45) is 0. The van der Waals surface area contributed by atoms with Crippen LogP contribution in [0.5, 0.6) is 0 Å². The molecule has 2 rings (SSSR count). The summed E-state index contributed by atoms with van der Waals surface area (Å²) in [6, 6.07) is 15.2. The van der Waals surface area contributed by atoms with E-state index in [0.717, 1.165) is 20.3 Å². The lowest BCUT2D eigenvalue weighted by Crippen LogP contribution is -2.21. The van der Waals surface area contributed by atoms with E-state index < -0.39 is 0 Å². The van der Waals surface area contributed by atoms with Crippen LogP contribution in [0.3, 0.4) is 0 Å². The van der Waals surface area contributed by atoms with Gasteiger partial charge in [-0.25, -0.2) is 0 Å². The maximum Gasteiger partial charge on any atom is 0.243 e. The molecule has 0 aliphatic carbocycles. The molecule has 0 fully saturated rings. The lowest BCUT2D eigenvalue weighted by molar-refractivity contribution is -0.114. The Bertz CT molecular complexity index is 587. The first-order chi connectivity index (χ1) is 9.13. The van der Waals surface area contributed by atoms with Gasteiger partial charge in [0.1, 0.15) is 0 Å². The molecule has 5 heteroatoms. The molecule has 19 heavy (non-hydrogen) atoms. The molecule has 0 atom stereocenters. The van der Waals surface area contributed by atoms with Gasteiger partial charge in [-0.15, -0.1) is 0 Å². The van der Waals surface area contributed by atoms with Crippen molar-refractivity contribution in [2.24, 2.45) is 0 Å².